The molecule has 1 saturated heterocycles. The van der Waals surface area contributed by atoms with Gasteiger partial charge in [0, 0.05) is 18.7 Å². The summed E-state index contributed by atoms with van der Waals surface area (Å²) in [5, 5.41) is 13.3. The number of hydrogen-bond donors (Lipinski definition) is 1. The van der Waals surface area contributed by atoms with Gasteiger partial charge in [-0.2, -0.15) is 5.10 Å². The number of aromatic nitrogens is 2. The van der Waals surface area contributed by atoms with E-state index in [1.54, 1.807) is 16.5 Å². The highest BCUT2D eigenvalue weighted by Gasteiger charge is 2.27. The molecule has 1 aromatic carbocycles. The molecule has 0 aliphatic carbocycles. The van der Waals surface area contributed by atoms with Crippen molar-refractivity contribution in [2.24, 2.45) is 0 Å². The lowest BCUT2D eigenvalue weighted by atomic mass is 10.0. The third kappa shape index (κ3) is 3.44. The van der Waals surface area contributed by atoms with Crippen molar-refractivity contribution in [3.8, 4) is 0 Å². The molecule has 2 aromatic rings. The van der Waals surface area contributed by atoms with Crippen LogP contribution in [0.15, 0.2) is 24.4 Å². The molecular formula is C18H19F2N3O3. The minimum Gasteiger partial charge on any atom is -0.478 e. The van der Waals surface area contributed by atoms with E-state index in [0.717, 1.165) is 12.1 Å². The first-order chi connectivity index (χ1) is 12.4. The third-order valence-electron chi connectivity index (χ3n) is 4.83. The Bertz CT molecular complexity index is 822. The van der Waals surface area contributed by atoms with Crippen LogP contribution in [0.1, 0.15) is 40.5 Å². The van der Waals surface area contributed by atoms with Crippen molar-refractivity contribution in [2.45, 2.75) is 32.2 Å². The molecule has 1 N–H and O–H groups in total. The van der Waals surface area contributed by atoms with E-state index < -0.39 is 17.6 Å². The van der Waals surface area contributed by atoms with E-state index in [-0.39, 0.29) is 29.5 Å². The summed E-state index contributed by atoms with van der Waals surface area (Å²) in [5.41, 5.74) is 0.530. The fourth-order valence-corrected chi connectivity index (χ4v) is 3.33. The number of piperidine rings is 1. The summed E-state index contributed by atoms with van der Waals surface area (Å²) >= 11 is 0. The highest BCUT2D eigenvalue weighted by atomic mass is 19.1. The monoisotopic (exact) mass is 363 g/mol. The molecule has 0 saturated carbocycles. The zero-order valence-electron chi connectivity index (χ0n) is 14.3. The summed E-state index contributed by atoms with van der Waals surface area (Å²) in [6.07, 6.45) is 2.23. The molecule has 0 radical (unpaired) electrons. The highest BCUT2D eigenvalue weighted by molar-refractivity contribution is 5.88. The van der Waals surface area contributed by atoms with E-state index in [0.29, 0.717) is 31.6 Å². The maximum Gasteiger partial charge on any atom is 0.339 e. The Morgan fingerprint density at radius 1 is 1.23 bits per heavy atom. The van der Waals surface area contributed by atoms with Crippen LogP contribution in [0.4, 0.5) is 8.78 Å². The molecule has 0 unspecified atom stereocenters. The Labute approximate surface area is 149 Å². The lowest BCUT2D eigenvalue weighted by molar-refractivity contribution is -0.131. The van der Waals surface area contributed by atoms with Gasteiger partial charge >= 0.3 is 5.97 Å². The number of halogens is 2. The van der Waals surface area contributed by atoms with Crippen LogP contribution in [-0.4, -0.2) is 44.8 Å². The lowest BCUT2D eigenvalue weighted by Gasteiger charge is -2.32. The number of carboxylic acid groups (broad SMARTS) is 1. The van der Waals surface area contributed by atoms with Gasteiger partial charge in [-0.1, -0.05) is 6.07 Å². The SMILES string of the molecule is Cc1c(C(=O)O)cnn1C1CCN(C(=O)Cc2c(F)cccc2F)CC1. The molecule has 6 nitrogen and oxygen atoms in total. The first kappa shape index (κ1) is 18.0. The molecule has 0 bridgehead atoms. The molecule has 0 atom stereocenters. The third-order valence-corrected chi connectivity index (χ3v) is 4.83. The molecule has 8 heteroatoms. The number of amides is 1. The van der Waals surface area contributed by atoms with Gasteiger partial charge in [0.25, 0.3) is 0 Å². The zero-order valence-corrected chi connectivity index (χ0v) is 14.3. The molecular weight excluding hydrogens is 344 g/mol. The van der Waals surface area contributed by atoms with Crippen molar-refractivity contribution < 1.29 is 23.5 Å². The standard InChI is InChI=1S/C18H19F2N3O3/c1-11-14(18(25)26)10-21-23(11)12-5-7-22(8-6-12)17(24)9-13-15(19)3-2-4-16(13)20/h2-4,10,12H,5-9H2,1H3,(H,25,26). The zero-order chi connectivity index (χ0) is 18.8. The largest absolute Gasteiger partial charge is 0.478 e. The molecule has 1 amide bonds. The molecule has 3 rings (SSSR count). The number of carbonyl (C=O) groups is 2. The fourth-order valence-electron chi connectivity index (χ4n) is 3.33. The molecule has 2 heterocycles. The number of carboxylic acids is 1. The van der Waals surface area contributed by atoms with Gasteiger partial charge in [0.2, 0.25) is 5.91 Å². The predicted octanol–water partition coefficient (Wildman–Crippen LogP) is 2.57. The molecule has 0 spiro atoms. The molecule has 1 fully saturated rings. The second-order valence-corrected chi connectivity index (χ2v) is 6.38. The van der Waals surface area contributed by atoms with Gasteiger partial charge in [-0.05, 0) is 31.9 Å². The highest BCUT2D eigenvalue weighted by Crippen LogP contribution is 2.25. The first-order valence-electron chi connectivity index (χ1n) is 8.36. The fraction of sp³-hybridized carbons (Fsp3) is 0.389. The number of benzene rings is 1. The Hall–Kier alpha value is -2.77. The minimum atomic E-state index is -1.02. The van der Waals surface area contributed by atoms with Crippen LogP contribution >= 0.6 is 0 Å². The number of hydrogen-bond acceptors (Lipinski definition) is 3. The quantitative estimate of drug-likeness (QED) is 0.906. The van der Waals surface area contributed by atoms with E-state index in [4.69, 9.17) is 5.11 Å². The van der Waals surface area contributed by atoms with Gasteiger partial charge in [0.1, 0.15) is 17.2 Å². The van der Waals surface area contributed by atoms with Crippen molar-refractivity contribution in [3.63, 3.8) is 0 Å². The van der Waals surface area contributed by atoms with Crippen molar-refractivity contribution in [2.75, 3.05) is 13.1 Å². The Morgan fingerprint density at radius 2 is 1.85 bits per heavy atom. The molecule has 1 aliphatic rings. The second-order valence-electron chi connectivity index (χ2n) is 6.38. The number of nitrogens with zero attached hydrogens (tertiary/aromatic N) is 3. The van der Waals surface area contributed by atoms with Crippen LogP contribution in [0.25, 0.3) is 0 Å². The van der Waals surface area contributed by atoms with Crippen molar-refractivity contribution in [1.29, 1.82) is 0 Å². The van der Waals surface area contributed by atoms with Gasteiger partial charge in [0.15, 0.2) is 0 Å². The molecule has 1 aliphatic heterocycles. The van der Waals surface area contributed by atoms with E-state index >= 15 is 0 Å². The minimum absolute atomic E-state index is 0.00246. The van der Waals surface area contributed by atoms with Crippen LogP contribution in [-0.2, 0) is 11.2 Å². The van der Waals surface area contributed by atoms with E-state index in [9.17, 15) is 18.4 Å². The number of aromatic carboxylic acids is 1. The molecule has 1 aromatic heterocycles. The normalized spacial score (nSPS) is 15.3. The van der Waals surface area contributed by atoms with Crippen LogP contribution in [0.3, 0.4) is 0 Å². The van der Waals surface area contributed by atoms with Crippen molar-refractivity contribution in [1.82, 2.24) is 14.7 Å². The number of rotatable bonds is 4. The summed E-state index contributed by atoms with van der Waals surface area (Å²) in [7, 11) is 0. The number of carbonyl (C=O) groups excluding carboxylic acids is 1. The Morgan fingerprint density at radius 3 is 2.38 bits per heavy atom. The summed E-state index contributed by atoms with van der Waals surface area (Å²) < 4.78 is 29.1. The summed E-state index contributed by atoms with van der Waals surface area (Å²) in [6.45, 7) is 2.57. The topological polar surface area (TPSA) is 75.4 Å². The van der Waals surface area contributed by atoms with Gasteiger partial charge in [0.05, 0.1) is 24.4 Å². The van der Waals surface area contributed by atoms with Gasteiger partial charge in [-0.25, -0.2) is 13.6 Å². The average Bonchev–Trinajstić information content (AvgIpc) is 3.00. The smallest absolute Gasteiger partial charge is 0.339 e. The second kappa shape index (κ2) is 7.23. The van der Waals surface area contributed by atoms with Crippen LogP contribution in [0.2, 0.25) is 0 Å². The summed E-state index contributed by atoms with van der Waals surface area (Å²) in [4.78, 5) is 25.1. The van der Waals surface area contributed by atoms with E-state index in [1.807, 2.05) is 0 Å². The molecule has 26 heavy (non-hydrogen) atoms. The van der Waals surface area contributed by atoms with Crippen LogP contribution in [0.5, 0.6) is 0 Å². The maximum atomic E-state index is 13.7. The Balaban J connectivity index is 1.63. The van der Waals surface area contributed by atoms with Crippen LogP contribution < -0.4 is 0 Å². The summed E-state index contributed by atoms with van der Waals surface area (Å²) in [5.74, 6) is -2.78. The van der Waals surface area contributed by atoms with E-state index in [2.05, 4.69) is 5.10 Å². The Kier molecular flexibility index (Phi) is 5.01. The van der Waals surface area contributed by atoms with Gasteiger partial charge < -0.3 is 10.0 Å². The van der Waals surface area contributed by atoms with E-state index in [1.165, 1.54) is 12.3 Å². The number of likely N-dealkylation sites (tertiary alicyclic amines) is 1. The summed E-state index contributed by atoms with van der Waals surface area (Å²) in [6, 6.07) is 3.54. The molecule has 138 valence electrons. The van der Waals surface area contributed by atoms with Crippen molar-refractivity contribution >= 4 is 11.9 Å². The lowest BCUT2D eigenvalue weighted by Crippen LogP contribution is -2.40. The maximum absolute atomic E-state index is 13.7. The van der Waals surface area contributed by atoms with Gasteiger partial charge in [-0.3, -0.25) is 9.48 Å². The van der Waals surface area contributed by atoms with Crippen LogP contribution in [0, 0.1) is 18.6 Å². The van der Waals surface area contributed by atoms with Crippen molar-refractivity contribution in [3.05, 3.63) is 52.9 Å². The average molecular weight is 363 g/mol. The predicted molar refractivity (Wildman–Crippen MR) is 88.8 cm³/mol. The first-order valence-corrected chi connectivity index (χ1v) is 8.36. The van der Waals surface area contributed by atoms with Gasteiger partial charge in [-0.15, -0.1) is 0 Å².